The summed E-state index contributed by atoms with van der Waals surface area (Å²) in [5.41, 5.74) is 2.95. The first kappa shape index (κ1) is 17.3. The molecule has 0 saturated heterocycles. The molecule has 0 radical (unpaired) electrons. The van der Waals surface area contributed by atoms with Crippen LogP contribution in [0.25, 0.3) is 5.69 Å². The molecule has 3 aromatic rings. The summed E-state index contributed by atoms with van der Waals surface area (Å²) >= 11 is 0. The fraction of sp³-hybridized carbons (Fsp3) is 0.238. The van der Waals surface area contributed by atoms with E-state index in [1.54, 1.807) is 4.57 Å². The molecule has 0 bridgehead atoms. The zero-order valence-corrected chi connectivity index (χ0v) is 15.5. The molecule has 6 nitrogen and oxygen atoms in total. The lowest BCUT2D eigenvalue weighted by Gasteiger charge is -2.32. The number of benzene rings is 2. The van der Waals surface area contributed by atoms with Crippen LogP contribution in [0.15, 0.2) is 64.2 Å². The third-order valence-corrected chi connectivity index (χ3v) is 5.30. The maximum Gasteiger partial charge on any atom is 0.334 e. The highest BCUT2D eigenvalue weighted by Gasteiger charge is 2.29. The van der Waals surface area contributed by atoms with Crippen molar-refractivity contribution >= 4 is 5.82 Å². The van der Waals surface area contributed by atoms with Crippen molar-refractivity contribution in [1.82, 2.24) is 9.55 Å². The molecule has 0 amide bonds. The van der Waals surface area contributed by atoms with Crippen LogP contribution in [0.2, 0.25) is 0 Å². The van der Waals surface area contributed by atoms with Gasteiger partial charge in [0.2, 0.25) is 0 Å². The van der Waals surface area contributed by atoms with Crippen LogP contribution in [0, 0.1) is 6.92 Å². The number of nitrogens with zero attached hydrogens (tertiary/aromatic N) is 1. The Morgan fingerprint density at radius 3 is 2.44 bits per heavy atom. The van der Waals surface area contributed by atoms with Crippen LogP contribution in [0.4, 0.5) is 5.82 Å². The number of anilines is 1. The van der Waals surface area contributed by atoms with Gasteiger partial charge in [-0.1, -0.05) is 48.0 Å². The summed E-state index contributed by atoms with van der Waals surface area (Å²) in [5, 5.41) is 3.33. The predicted molar refractivity (Wildman–Crippen MR) is 105 cm³/mol. The molecule has 2 aromatic carbocycles. The van der Waals surface area contributed by atoms with E-state index in [2.05, 4.69) is 29.4 Å². The minimum absolute atomic E-state index is 0.228. The van der Waals surface area contributed by atoms with Gasteiger partial charge in [0.15, 0.2) is 6.67 Å². The van der Waals surface area contributed by atoms with Crippen molar-refractivity contribution in [2.75, 3.05) is 12.0 Å². The van der Waals surface area contributed by atoms with Crippen molar-refractivity contribution in [1.29, 1.82) is 0 Å². The molecular weight excluding hydrogens is 340 g/mol. The Labute approximate surface area is 157 Å². The predicted octanol–water partition coefficient (Wildman–Crippen LogP) is 1.36. The summed E-state index contributed by atoms with van der Waals surface area (Å²) in [6.07, 6.45) is 0. The zero-order valence-electron chi connectivity index (χ0n) is 15.5. The fourth-order valence-corrected chi connectivity index (χ4v) is 3.63. The highest BCUT2D eigenvalue weighted by molar-refractivity contribution is 5.51. The van der Waals surface area contributed by atoms with E-state index in [9.17, 15) is 9.59 Å². The number of H-pyrrole nitrogens is 1. The molecule has 1 aliphatic rings. The van der Waals surface area contributed by atoms with Gasteiger partial charge in [-0.05, 0) is 26.0 Å². The van der Waals surface area contributed by atoms with Gasteiger partial charge in [-0.25, -0.2) is 9.36 Å². The van der Waals surface area contributed by atoms with Crippen LogP contribution < -0.4 is 21.5 Å². The summed E-state index contributed by atoms with van der Waals surface area (Å²) in [4.78, 5) is 28.7. The van der Waals surface area contributed by atoms with Crippen molar-refractivity contribution in [2.45, 2.75) is 26.4 Å². The van der Waals surface area contributed by atoms with Gasteiger partial charge in [0.25, 0.3) is 5.56 Å². The van der Waals surface area contributed by atoms with Gasteiger partial charge in [0.05, 0.1) is 5.69 Å². The lowest BCUT2D eigenvalue weighted by molar-refractivity contribution is -0.941. The average molecular weight is 363 g/mol. The number of hydrogen-bond acceptors (Lipinski definition) is 3. The molecule has 0 aliphatic carbocycles. The first-order valence-electron chi connectivity index (χ1n) is 9.13. The Morgan fingerprint density at radius 1 is 1.04 bits per heavy atom. The van der Waals surface area contributed by atoms with Gasteiger partial charge in [0, 0.05) is 5.56 Å². The molecule has 1 unspecified atom stereocenters. The third kappa shape index (κ3) is 3.19. The van der Waals surface area contributed by atoms with Crippen LogP contribution >= 0.6 is 0 Å². The van der Waals surface area contributed by atoms with E-state index < -0.39 is 5.69 Å². The SMILES string of the molecule is Cc1ccc(-n2c3c(c(=O)[nH]c2=O)C[NH+]([C@@H](C)c2ccccc2)CN3)cc1. The summed E-state index contributed by atoms with van der Waals surface area (Å²) in [5.74, 6) is 0.594. The molecule has 6 heteroatoms. The second-order valence-electron chi connectivity index (χ2n) is 7.08. The highest BCUT2D eigenvalue weighted by atomic mass is 16.2. The van der Waals surface area contributed by atoms with Gasteiger partial charge < -0.3 is 10.2 Å². The van der Waals surface area contributed by atoms with Gasteiger partial charge >= 0.3 is 5.69 Å². The maximum absolute atomic E-state index is 12.5. The first-order valence-corrected chi connectivity index (χ1v) is 9.13. The molecule has 0 fully saturated rings. The Kier molecular flexibility index (Phi) is 4.41. The average Bonchev–Trinajstić information content (AvgIpc) is 2.69. The second kappa shape index (κ2) is 6.89. The maximum atomic E-state index is 12.5. The Bertz CT molecular complexity index is 1070. The molecule has 1 aromatic heterocycles. The van der Waals surface area contributed by atoms with E-state index in [0.29, 0.717) is 24.6 Å². The summed E-state index contributed by atoms with van der Waals surface area (Å²) in [7, 11) is 0. The Morgan fingerprint density at radius 2 is 1.74 bits per heavy atom. The van der Waals surface area contributed by atoms with E-state index >= 15 is 0 Å². The van der Waals surface area contributed by atoms with Crippen LogP contribution in [-0.4, -0.2) is 16.2 Å². The van der Waals surface area contributed by atoms with Crippen molar-refractivity contribution in [2.24, 2.45) is 0 Å². The molecule has 4 rings (SSSR count). The minimum Gasteiger partial charge on any atom is -0.324 e. The lowest BCUT2D eigenvalue weighted by Crippen LogP contribution is -3.12. The summed E-state index contributed by atoms with van der Waals surface area (Å²) < 4.78 is 1.56. The molecule has 2 heterocycles. The number of rotatable bonds is 3. The second-order valence-corrected chi connectivity index (χ2v) is 7.08. The fourth-order valence-electron chi connectivity index (χ4n) is 3.63. The number of hydrogen-bond donors (Lipinski definition) is 3. The number of aromatic nitrogens is 2. The monoisotopic (exact) mass is 363 g/mol. The smallest absolute Gasteiger partial charge is 0.324 e. The Hall–Kier alpha value is -3.12. The number of aromatic amines is 1. The quantitative estimate of drug-likeness (QED) is 0.658. The largest absolute Gasteiger partial charge is 0.334 e. The van der Waals surface area contributed by atoms with Crippen LogP contribution in [0.3, 0.4) is 0 Å². The van der Waals surface area contributed by atoms with Gasteiger partial charge in [-0.3, -0.25) is 9.78 Å². The molecule has 0 saturated carbocycles. The molecule has 1 aliphatic heterocycles. The lowest BCUT2D eigenvalue weighted by atomic mass is 10.1. The van der Waals surface area contributed by atoms with E-state index in [1.807, 2.05) is 49.4 Å². The van der Waals surface area contributed by atoms with Gasteiger partial charge in [-0.15, -0.1) is 0 Å². The Balaban J connectivity index is 1.74. The zero-order chi connectivity index (χ0) is 19.0. The topological polar surface area (TPSA) is 71.3 Å². The van der Waals surface area contributed by atoms with Crippen LogP contribution in [0.5, 0.6) is 0 Å². The minimum atomic E-state index is -0.422. The standard InChI is InChI=1S/C21H22N4O2/c1-14-8-10-17(11-9-14)25-19-18(20(26)23-21(25)27)12-24(13-22-19)15(2)16-6-4-3-5-7-16/h3-11,15,22H,12-13H2,1-2H3,(H,23,26,27)/p+1/t15-/m0/s1. The molecule has 138 valence electrons. The molecule has 0 spiro atoms. The van der Waals surface area contributed by atoms with Crippen molar-refractivity contribution in [3.8, 4) is 5.69 Å². The molecule has 27 heavy (non-hydrogen) atoms. The molecule has 3 N–H and O–H groups in total. The third-order valence-electron chi connectivity index (χ3n) is 5.30. The van der Waals surface area contributed by atoms with Crippen LogP contribution in [-0.2, 0) is 6.54 Å². The number of nitrogens with one attached hydrogen (secondary N) is 3. The number of aryl methyl sites for hydroxylation is 1. The van der Waals surface area contributed by atoms with Crippen LogP contribution in [0.1, 0.15) is 29.7 Å². The normalized spacial score (nSPS) is 17.0. The van der Waals surface area contributed by atoms with E-state index in [4.69, 9.17) is 0 Å². The van der Waals surface area contributed by atoms with Crippen molar-refractivity contribution < 1.29 is 4.90 Å². The summed E-state index contributed by atoms with van der Waals surface area (Å²) in [6.45, 7) is 5.35. The number of fused-ring (bicyclic) bond motifs is 1. The number of quaternary nitrogens is 1. The molecular formula is C21H23N4O2+. The van der Waals surface area contributed by atoms with E-state index in [0.717, 1.165) is 11.3 Å². The van der Waals surface area contributed by atoms with E-state index in [1.165, 1.54) is 10.5 Å². The van der Waals surface area contributed by atoms with Gasteiger partial charge in [0.1, 0.15) is 24.0 Å². The summed E-state index contributed by atoms with van der Waals surface area (Å²) in [6, 6.07) is 18.2. The van der Waals surface area contributed by atoms with E-state index in [-0.39, 0.29) is 11.6 Å². The highest BCUT2D eigenvalue weighted by Crippen LogP contribution is 2.18. The van der Waals surface area contributed by atoms with Crippen molar-refractivity contribution in [3.05, 3.63) is 92.1 Å². The van der Waals surface area contributed by atoms with Crippen molar-refractivity contribution in [3.63, 3.8) is 0 Å². The van der Waals surface area contributed by atoms with Gasteiger partial charge in [-0.2, -0.15) is 0 Å². The molecule has 2 atom stereocenters. The first-order chi connectivity index (χ1) is 13.0.